The van der Waals surface area contributed by atoms with E-state index in [9.17, 15) is 4.79 Å². The number of aryl methyl sites for hydroxylation is 1. The van der Waals surface area contributed by atoms with Crippen LogP contribution >= 0.6 is 23.2 Å². The third kappa shape index (κ3) is 3.44. The van der Waals surface area contributed by atoms with Gasteiger partial charge in [-0.1, -0.05) is 36.2 Å². The maximum absolute atomic E-state index is 12.1. The number of nitrogens with two attached hydrogens (primary N) is 1. The number of anilines is 1. The minimum Gasteiger partial charge on any atom is -0.326 e. The summed E-state index contributed by atoms with van der Waals surface area (Å²) in [5.41, 5.74) is 7.31. The highest BCUT2D eigenvalue weighted by Crippen LogP contribution is 2.32. The summed E-state index contributed by atoms with van der Waals surface area (Å²) in [6.45, 7) is 5.85. The maximum atomic E-state index is 12.1. The monoisotopic (exact) mass is 315 g/mol. The Morgan fingerprint density at radius 3 is 2.75 bits per heavy atom. The van der Waals surface area contributed by atoms with Crippen molar-refractivity contribution in [2.75, 3.05) is 25.0 Å². The van der Waals surface area contributed by atoms with Crippen LogP contribution in [0.3, 0.4) is 0 Å². The van der Waals surface area contributed by atoms with Gasteiger partial charge in [-0.2, -0.15) is 0 Å². The molecular formula is C14H19Cl2N3O. The van der Waals surface area contributed by atoms with Gasteiger partial charge in [0.05, 0.1) is 22.3 Å². The molecule has 2 atom stereocenters. The summed E-state index contributed by atoms with van der Waals surface area (Å²) in [6, 6.07) is 3.68. The first kappa shape index (κ1) is 15.6. The van der Waals surface area contributed by atoms with Crippen LogP contribution in [0.5, 0.6) is 0 Å². The molecule has 3 N–H and O–H groups in total. The molecule has 0 saturated carbocycles. The average Bonchev–Trinajstić information content (AvgIpc) is 2.68. The van der Waals surface area contributed by atoms with E-state index in [1.54, 1.807) is 6.07 Å². The van der Waals surface area contributed by atoms with Crippen LogP contribution in [0.2, 0.25) is 10.0 Å². The molecule has 1 saturated heterocycles. The SMILES string of the molecule is Cc1ccc(Cl)c(NC(=O)CN2CC(C)C(N)C2)c1Cl. The lowest BCUT2D eigenvalue weighted by atomic mass is 10.1. The van der Waals surface area contributed by atoms with E-state index >= 15 is 0 Å². The molecule has 1 amide bonds. The van der Waals surface area contributed by atoms with Gasteiger partial charge >= 0.3 is 0 Å². The molecule has 0 bridgehead atoms. The Balaban J connectivity index is 2.01. The molecule has 0 spiro atoms. The topological polar surface area (TPSA) is 58.4 Å². The van der Waals surface area contributed by atoms with Gasteiger partial charge in [0, 0.05) is 19.1 Å². The first-order chi connectivity index (χ1) is 9.38. The number of carbonyl (C=O) groups excluding carboxylic acids is 1. The second-order valence-corrected chi connectivity index (χ2v) is 6.22. The third-order valence-corrected chi connectivity index (χ3v) is 4.46. The molecule has 0 radical (unpaired) electrons. The molecule has 6 heteroatoms. The van der Waals surface area contributed by atoms with Gasteiger partial charge in [0.25, 0.3) is 0 Å². The summed E-state index contributed by atoms with van der Waals surface area (Å²) in [5, 5.41) is 3.72. The summed E-state index contributed by atoms with van der Waals surface area (Å²) in [6.07, 6.45) is 0. The zero-order valence-electron chi connectivity index (χ0n) is 11.6. The second kappa shape index (κ2) is 6.31. The Bertz CT molecular complexity index is 511. The summed E-state index contributed by atoms with van der Waals surface area (Å²) in [5.74, 6) is 0.287. The first-order valence-corrected chi connectivity index (χ1v) is 7.36. The van der Waals surface area contributed by atoms with E-state index < -0.39 is 0 Å². The molecule has 1 fully saturated rings. The number of hydrogen-bond acceptors (Lipinski definition) is 3. The zero-order valence-corrected chi connectivity index (χ0v) is 13.1. The predicted molar refractivity (Wildman–Crippen MR) is 83.4 cm³/mol. The van der Waals surface area contributed by atoms with Crippen LogP contribution in [-0.2, 0) is 4.79 Å². The Hall–Kier alpha value is -0.810. The molecule has 2 unspecified atom stereocenters. The fraction of sp³-hybridized carbons (Fsp3) is 0.500. The van der Waals surface area contributed by atoms with Crippen molar-refractivity contribution in [2.45, 2.75) is 19.9 Å². The van der Waals surface area contributed by atoms with Gasteiger partial charge in [-0.25, -0.2) is 0 Å². The third-order valence-electron chi connectivity index (χ3n) is 3.66. The first-order valence-electron chi connectivity index (χ1n) is 6.61. The molecule has 0 aliphatic carbocycles. The molecule has 2 rings (SSSR count). The molecule has 1 aliphatic heterocycles. The van der Waals surface area contributed by atoms with E-state index in [0.29, 0.717) is 28.2 Å². The Labute approximate surface area is 129 Å². The summed E-state index contributed by atoms with van der Waals surface area (Å²) in [7, 11) is 0. The number of halogens is 2. The molecule has 1 aromatic rings. The highest BCUT2D eigenvalue weighted by molar-refractivity contribution is 6.40. The Morgan fingerprint density at radius 2 is 2.15 bits per heavy atom. The minimum atomic E-state index is -0.124. The summed E-state index contributed by atoms with van der Waals surface area (Å²) >= 11 is 12.2. The van der Waals surface area contributed by atoms with E-state index in [0.717, 1.165) is 18.7 Å². The van der Waals surface area contributed by atoms with E-state index in [4.69, 9.17) is 28.9 Å². The minimum absolute atomic E-state index is 0.124. The van der Waals surface area contributed by atoms with Gasteiger partial charge in [-0.3, -0.25) is 9.69 Å². The van der Waals surface area contributed by atoms with Gasteiger partial charge in [-0.15, -0.1) is 0 Å². The predicted octanol–water partition coefficient (Wildman–Crippen LogP) is 2.52. The molecular weight excluding hydrogens is 297 g/mol. The van der Waals surface area contributed by atoms with Crippen LogP contribution in [0.1, 0.15) is 12.5 Å². The van der Waals surface area contributed by atoms with Crippen molar-refractivity contribution >= 4 is 34.8 Å². The maximum Gasteiger partial charge on any atom is 0.238 e. The highest BCUT2D eigenvalue weighted by Gasteiger charge is 2.27. The summed E-state index contributed by atoms with van der Waals surface area (Å²) < 4.78 is 0. The van der Waals surface area contributed by atoms with Crippen LogP contribution in [0, 0.1) is 12.8 Å². The number of carbonyl (C=O) groups is 1. The lowest BCUT2D eigenvalue weighted by Gasteiger charge is -2.16. The molecule has 1 aromatic carbocycles. The van der Waals surface area contributed by atoms with Crippen molar-refractivity contribution in [2.24, 2.45) is 11.7 Å². The molecule has 0 aromatic heterocycles. The average molecular weight is 316 g/mol. The van der Waals surface area contributed by atoms with E-state index in [-0.39, 0.29) is 11.9 Å². The van der Waals surface area contributed by atoms with E-state index in [1.165, 1.54) is 0 Å². The molecule has 20 heavy (non-hydrogen) atoms. The molecule has 110 valence electrons. The number of nitrogens with zero attached hydrogens (tertiary/aromatic N) is 1. The number of likely N-dealkylation sites (tertiary alicyclic amines) is 1. The Morgan fingerprint density at radius 1 is 1.45 bits per heavy atom. The van der Waals surface area contributed by atoms with Crippen LogP contribution in [-0.4, -0.2) is 36.5 Å². The van der Waals surface area contributed by atoms with Crippen molar-refractivity contribution in [3.63, 3.8) is 0 Å². The van der Waals surface area contributed by atoms with Crippen LogP contribution < -0.4 is 11.1 Å². The number of nitrogens with one attached hydrogen (secondary N) is 1. The van der Waals surface area contributed by atoms with Crippen molar-refractivity contribution in [3.8, 4) is 0 Å². The number of benzene rings is 1. The van der Waals surface area contributed by atoms with Crippen LogP contribution in [0.25, 0.3) is 0 Å². The molecule has 1 heterocycles. The zero-order chi connectivity index (χ0) is 14.9. The quantitative estimate of drug-likeness (QED) is 0.901. The largest absolute Gasteiger partial charge is 0.326 e. The second-order valence-electron chi connectivity index (χ2n) is 5.44. The standard InChI is InChI=1S/C14H19Cl2N3O/c1-8-3-4-10(15)14(13(8)16)18-12(20)7-19-5-9(2)11(17)6-19/h3-4,9,11H,5-7,17H2,1-2H3,(H,18,20). The van der Waals surface area contributed by atoms with Crippen molar-refractivity contribution in [1.29, 1.82) is 0 Å². The van der Waals surface area contributed by atoms with Gasteiger partial charge < -0.3 is 11.1 Å². The van der Waals surface area contributed by atoms with Crippen LogP contribution in [0.15, 0.2) is 12.1 Å². The smallest absolute Gasteiger partial charge is 0.238 e. The normalized spacial score (nSPS) is 23.1. The number of amides is 1. The molecule has 1 aliphatic rings. The highest BCUT2D eigenvalue weighted by atomic mass is 35.5. The fourth-order valence-corrected chi connectivity index (χ4v) is 2.84. The van der Waals surface area contributed by atoms with E-state index in [2.05, 4.69) is 12.2 Å². The fourth-order valence-electron chi connectivity index (χ4n) is 2.38. The Kier molecular flexibility index (Phi) is 4.91. The molecule has 4 nitrogen and oxygen atoms in total. The lowest BCUT2D eigenvalue weighted by molar-refractivity contribution is -0.117. The van der Waals surface area contributed by atoms with Crippen molar-refractivity contribution in [3.05, 3.63) is 27.7 Å². The number of hydrogen-bond donors (Lipinski definition) is 2. The van der Waals surface area contributed by atoms with Gasteiger partial charge in [0.2, 0.25) is 5.91 Å². The van der Waals surface area contributed by atoms with Crippen LogP contribution in [0.4, 0.5) is 5.69 Å². The van der Waals surface area contributed by atoms with Gasteiger partial charge in [0.1, 0.15) is 0 Å². The van der Waals surface area contributed by atoms with E-state index in [1.807, 2.05) is 17.9 Å². The van der Waals surface area contributed by atoms with Crippen molar-refractivity contribution in [1.82, 2.24) is 4.90 Å². The van der Waals surface area contributed by atoms with Crippen molar-refractivity contribution < 1.29 is 4.79 Å². The van der Waals surface area contributed by atoms with Gasteiger partial charge in [0.15, 0.2) is 0 Å². The number of rotatable bonds is 3. The lowest BCUT2D eigenvalue weighted by Crippen LogP contribution is -2.33. The summed E-state index contributed by atoms with van der Waals surface area (Å²) in [4.78, 5) is 14.1. The van der Waals surface area contributed by atoms with Gasteiger partial charge in [-0.05, 0) is 24.5 Å².